The zero-order valence-corrected chi connectivity index (χ0v) is 15.5. The fourth-order valence-corrected chi connectivity index (χ4v) is 6.23. The minimum Gasteiger partial charge on any atom is -0.396 e. The van der Waals surface area contributed by atoms with E-state index in [0.717, 1.165) is 17.5 Å². The highest BCUT2D eigenvalue weighted by Crippen LogP contribution is 2.63. The summed E-state index contributed by atoms with van der Waals surface area (Å²) >= 11 is 0. The minimum atomic E-state index is -3.57. The lowest BCUT2D eigenvalue weighted by Gasteiger charge is -2.12. The van der Waals surface area contributed by atoms with Crippen LogP contribution >= 0.6 is 0 Å². The summed E-state index contributed by atoms with van der Waals surface area (Å²) in [6.45, 7) is 3.90. The molecule has 0 saturated heterocycles. The molecular formula is C20H25NO3S. The molecule has 134 valence electrons. The Morgan fingerprint density at radius 3 is 2.16 bits per heavy atom. The summed E-state index contributed by atoms with van der Waals surface area (Å²) in [5.74, 6) is -0.278. The Labute approximate surface area is 149 Å². The predicted molar refractivity (Wildman–Crippen MR) is 99.3 cm³/mol. The first-order valence-corrected chi connectivity index (χ1v) is 10.2. The molecule has 25 heavy (non-hydrogen) atoms. The first kappa shape index (κ1) is 18.1. The van der Waals surface area contributed by atoms with E-state index >= 15 is 0 Å². The van der Waals surface area contributed by atoms with E-state index in [4.69, 9.17) is 5.73 Å². The standard InChI is InChI=1S/C20H25NO3S/c1-3-15-6-8-16(9-7-15)18-19(20(18,12-21)13-22)25(23,24)17-10-4-14(2)5-11-17/h4-11,18-19,22H,3,12-13,21H2,1-2H3. The largest absolute Gasteiger partial charge is 0.396 e. The van der Waals surface area contributed by atoms with Crippen molar-refractivity contribution in [3.05, 3.63) is 65.2 Å². The van der Waals surface area contributed by atoms with Crippen LogP contribution < -0.4 is 5.73 Å². The monoisotopic (exact) mass is 359 g/mol. The number of nitrogens with two attached hydrogens (primary N) is 1. The van der Waals surface area contributed by atoms with E-state index < -0.39 is 20.5 Å². The topological polar surface area (TPSA) is 80.4 Å². The maximum Gasteiger partial charge on any atom is 0.182 e. The van der Waals surface area contributed by atoms with Gasteiger partial charge in [-0.2, -0.15) is 0 Å². The Hall–Kier alpha value is -1.69. The summed E-state index contributed by atoms with van der Waals surface area (Å²) in [5.41, 5.74) is 8.25. The molecule has 1 saturated carbocycles. The van der Waals surface area contributed by atoms with Gasteiger partial charge >= 0.3 is 0 Å². The van der Waals surface area contributed by atoms with Crippen molar-refractivity contribution in [3.8, 4) is 0 Å². The Balaban J connectivity index is 2.02. The van der Waals surface area contributed by atoms with Crippen LogP contribution in [0.2, 0.25) is 0 Å². The van der Waals surface area contributed by atoms with Gasteiger partial charge in [-0.25, -0.2) is 8.42 Å². The van der Waals surface area contributed by atoms with Crippen LogP contribution in [0.4, 0.5) is 0 Å². The smallest absolute Gasteiger partial charge is 0.182 e. The average molecular weight is 359 g/mol. The fraction of sp³-hybridized carbons (Fsp3) is 0.400. The number of benzene rings is 2. The lowest BCUT2D eigenvalue weighted by molar-refractivity contribution is 0.212. The van der Waals surface area contributed by atoms with Crippen molar-refractivity contribution in [3.63, 3.8) is 0 Å². The molecule has 1 aliphatic rings. The third kappa shape index (κ3) is 2.90. The van der Waals surface area contributed by atoms with Gasteiger partial charge in [-0.15, -0.1) is 0 Å². The molecule has 1 fully saturated rings. The molecule has 4 nitrogen and oxygen atoms in total. The van der Waals surface area contributed by atoms with Crippen molar-refractivity contribution in [2.75, 3.05) is 13.2 Å². The van der Waals surface area contributed by atoms with Gasteiger partial charge in [0.25, 0.3) is 0 Å². The summed E-state index contributed by atoms with van der Waals surface area (Å²) in [6, 6.07) is 14.8. The van der Waals surface area contributed by atoms with E-state index in [0.29, 0.717) is 4.90 Å². The molecule has 0 radical (unpaired) electrons. The highest BCUT2D eigenvalue weighted by atomic mass is 32.2. The first-order chi connectivity index (χ1) is 11.9. The fourth-order valence-electron chi connectivity index (χ4n) is 3.78. The maximum atomic E-state index is 13.2. The molecule has 3 rings (SSSR count). The lowest BCUT2D eigenvalue weighted by Crippen LogP contribution is -2.27. The number of sulfone groups is 1. The van der Waals surface area contributed by atoms with E-state index in [-0.39, 0.29) is 19.1 Å². The Morgan fingerprint density at radius 1 is 1.08 bits per heavy atom. The molecule has 5 heteroatoms. The van der Waals surface area contributed by atoms with Crippen molar-refractivity contribution in [2.24, 2.45) is 11.1 Å². The third-order valence-electron chi connectivity index (χ3n) is 5.48. The van der Waals surface area contributed by atoms with Crippen molar-refractivity contribution < 1.29 is 13.5 Å². The van der Waals surface area contributed by atoms with Gasteiger partial charge in [-0.3, -0.25) is 0 Å². The van der Waals surface area contributed by atoms with Crippen LogP contribution in [-0.2, 0) is 16.3 Å². The highest BCUT2D eigenvalue weighted by Gasteiger charge is 2.70. The molecule has 0 spiro atoms. The Kier molecular flexibility index (Phi) is 4.75. The van der Waals surface area contributed by atoms with Crippen LogP contribution in [0.1, 0.15) is 29.5 Å². The first-order valence-electron chi connectivity index (χ1n) is 8.61. The zero-order valence-electron chi connectivity index (χ0n) is 14.6. The molecule has 3 unspecified atom stereocenters. The van der Waals surface area contributed by atoms with Gasteiger partial charge < -0.3 is 10.8 Å². The van der Waals surface area contributed by atoms with E-state index in [1.54, 1.807) is 24.3 Å². The summed E-state index contributed by atoms with van der Waals surface area (Å²) in [5, 5.41) is 9.28. The summed E-state index contributed by atoms with van der Waals surface area (Å²) in [7, 11) is -3.57. The molecule has 3 N–H and O–H groups in total. The van der Waals surface area contributed by atoms with Crippen LogP contribution in [0.3, 0.4) is 0 Å². The number of aliphatic hydroxyl groups is 1. The van der Waals surface area contributed by atoms with Gasteiger partial charge in [0.15, 0.2) is 9.84 Å². The summed E-state index contributed by atoms with van der Waals surface area (Å²) < 4.78 is 26.4. The Morgan fingerprint density at radius 2 is 1.68 bits per heavy atom. The zero-order chi connectivity index (χ0) is 18.2. The minimum absolute atomic E-state index is 0.138. The predicted octanol–water partition coefficient (Wildman–Crippen LogP) is 2.43. The van der Waals surface area contributed by atoms with E-state index in [1.807, 2.05) is 31.2 Å². The van der Waals surface area contributed by atoms with Crippen molar-refractivity contribution in [2.45, 2.75) is 36.3 Å². The quantitative estimate of drug-likeness (QED) is 0.830. The van der Waals surface area contributed by atoms with Crippen molar-refractivity contribution >= 4 is 9.84 Å². The van der Waals surface area contributed by atoms with Crippen LogP contribution in [0.5, 0.6) is 0 Å². The van der Waals surface area contributed by atoms with Gasteiger partial charge in [0, 0.05) is 17.9 Å². The second-order valence-corrected chi connectivity index (χ2v) is 9.02. The van der Waals surface area contributed by atoms with Crippen LogP contribution in [-0.4, -0.2) is 31.9 Å². The molecule has 0 heterocycles. The highest BCUT2D eigenvalue weighted by molar-refractivity contribution is 7.92. The second-order valence-electron chi connectivity index (χ2n) is 6.95. The molecule has 2 aromatic carbocycles. The van der Waals surface area contributed by atoms with Gasteiger partial charge in [0.1, 0.15) is 0 Å². The third-order valence-corrected chi connectivity index (χ3v) is 7.82. The normalized spacial score (nSPS) is 25.8. The van der Waals surface area contributed by atoms with Gasteiger partial charge in [0.2, 0.25) is 0 Å². The number of rotatable bonds is 6. The van der Waals surface area contributed by atoms with Crippen LogP contribution in [0.15, 0.2) is 53.4 Å². The molecular weight excluding hydrogens is 334 g/mol. The molecule has 0 amide bonds. The number of aryl methyl sites for hydroxylation is 2. The summed E-state index contributed by atoms with van der Waals surface area (Å²) in [4.78, 5) is 0.294. The maximum absolute atomic E-state index is 13.2. The summed E-state index contributed by atoms with van der Waals surface area (Å²) in [6.07, 6.45) is 0.929. The number of aliphatic hydroxyl groups excluding tert-OH is 1. The van der Waals surface area contributed by atoms with Crippen LogP contribution in [0, 0.1) is 12.3 Å². The van der Waals surface area contributed by atoms with Crippen molar-refractivity contribution in [1.29, 1.82) is 0 Å². The van der Waals surface area contributed by atoms with E-state index in [1.165, 1.54) is 5.56 Å². The van der Waals surface area contributed by atoms with Gasteiger partial charge in [-0.1, -0.05) is 48.9 Å². The number of hydrogen-bond donors (Lipinski definition) is 2. The molecule has 0 bridgehead atoms. The van der Waals surface area contributed by atoms with Crippen LogP contribution in [0.25, 0.3) is 0 Å². The SMILES string of the molecule is CCc1ccc(C2C(S(=O)(=O)c3ccc(C)cc3)C2(CN)CO)cc1. The molecule has 0 aromatic heterocycles. The molecule has 2 aromatic rings. The molecule has 3 atom stereocenters. The number of hydrogen-bond acceptors (Lipinski definition) is 4. The van der Waals surface area contributed by atoms with Crippen molar-refractivity contribution in [1.82, 2.24) is 0 Å². The van der Waals surface area contributed by atoms with Gasteiger partial charge in [-0.05, 0) is 36.6 Å². The van der Waals surface area contributed by atoms with E-state index in [9.17, 15) is 13.5 Å². The molecule has 1 aliphatic carbocycles. The van der Waals surface area contributed by atoms with Gasteiger partial charge in [0.05, 0.1) is 16.8 Å². The Bertz CT molecular complexity index is 838. The lowest BCUT2D eigenvalue weighted by atomic mass is 9.99. The molecule has 0 aliphatic heterocycles. The second kappa shape index (κ2) is 6.56. The average Bonchev–Trinajstić information content (AvgIpc) is 3.33. The van der Waals surface area contributed by atoms with E-state index in [2.05, 4.69) is 6.92 Å².